The third-order valence-corrected chi connectivity index (χ3v) is 1.89. The molecule has 0 unspecified atom stereocenters. The zero-order valence-electron chi connectivity index (χ0n) is 9.41. The molecule has 0 radical (unpaired) electrons. The molecule has 0 saturated heterocycles. The maximum atomic E-state index is 11.2. The van der Waals surface area contributed by atoms with Gasteiger partial charge in [-0.3, -0.25) is 0 Å². The van der Waals surface area contributed by atoms with Gasteiger partial charge in [0.25, 0.3) is 0 Å². The van der Waals surface area contributed by atoms with Gasteiger partial charge in [-0.1, -0.05) is 11.8 Å². The summed E-state index contributed by atoms with van der Waals surface area (Å²) < 4.78 is 4.57. The van der Waals surface area contributed by atoms with Crippen LogP contribution in [0.25, 0.3) is 0 Å². The van der Waals surface area contributed by atoms with E-state index < -0.39 is 5.97 Å². The Morgan fingerprint density at radius 2 is 2.44 bits per heavy atom. The summed E-state index contributed by atoms with van der Waals surface area (Å²) in [5, 5.41) is 3.00. The standard InChI is InChI=1S/C12H14N2O2/c1-13-7-4-3-5-10-6-8-14-11(9-10)12(15)16-2/h6,8-9,13H,4,7H2,1-2H3. The molecule has 1 rings (SSSR count). The van der Waals surface area contributed by atoms with Crippen LogP contribution in [0.1, 0.15) is 22.5 Å². The second-order valence-electron chi connectivity index (χ2n) is 3.08. The van der Waals surface area contributed by atoms with E-state index in [2.05, 4.69) is 26.9 Å². The normalized spacial score (nSPS) is 9.12. The lowest BCUT2D eigenvalue weighted by atomic mass is 10.2. The minimum Gasteiger partial charge on any atom is -0.464 e. The highest BCUT2D eigenvalue weighted by Crippen LogP contribution is 2.01. The van der Waals surface area contributed by atoms with E-state index in [0.29, 0.717) is 0 Å². The maximum Gasteiger partial charge on any atom is 0.356 e. The number of carbonyl (C=O) groups excluding carboxylic acids is 1. The van der Waals surface area contributed by atoms with Crippen molar-refractivity contribution in [2.45, 2.75) is 6.42 Å². The number of nitrogens with zero attached hydrogens (tertiary/aromatic N) is 1. The fraction of sp³-hybridized carbons (Fsp3) is 0.333. The van der Waals surface area contributed by atoms with Crippen molar-refractivity contribution in [3.8, 4) is 11.8 Å². The minimum atomic E-state index is -0.445. The van der Waals surface area contributed by atoms with E-state index in [0.717, 1.165) is 18.5 Å². The number of aromatic nitrogens is 1. The lowest BCUT2D eigenvalue weighted by Crippen LogP contribution is -2.06. The monoisotopic (exact) mass is 218 g/mol. The number of ether oxygens (including phenoxy) is 1. The molecule has 1 aromatic rings. The first-order chi connectivity index (χ1) is 7.77. The number of pyridine rings is 1. The fourth-order valence-electron chi connectivity index (χ4n) is 1.08. The van der Waals surface area contributed by atoms with Crippen LogP contribution in [0.5, 0.6) is 0 Å². The molecule has 0 bridgehead atoms. The highest BCUT2D eigenvalue weighted by Gasteiger charge is 2.05. The molecule has 4 nitrogen and oxygen atoms in total. The zero-order chi connectivity index (χ0) is 11.8. The van der Waals surface area contributed by atoms with Crippen molar-refractivity contribution in [3.05, 3.63) is 29.6 Å². The Labute approximate surface area is 95.0 Å². The van der Waals surface area contributed by atoms with Gasteiger partial charge >= 0.3 is 5.97 Å². The molecular weight excluding hydrogens is 204 g/mol. The van der Waals surface area contributed by atoms with Crippen molar-refractivity contribution in [2.75, 3.05) is 20.7 Å². The Bertz CT molecular complexity index is 419. The van der Waals surface area contributed by atoms with Gasteiger partial charge in [-0.05, 0) is 19.2 Å². The average molecular weight is 218 g/mol. The molecule has 0 aliphatic heterocycles. The average Bonchev–Trinajstić information content (AvgIpc) is 2.34. The Kier molecular flexibility index (Phi) is 5.03. The third kappa shape index (κ3) is 3.71. The Morgan fingerprint density at radius 3 is 3.12 bits per heavy atom. The number of hydrogen-bond donors (Lipinski definition) is 1. The predicted octanol–water partition coefficient (Wildman–Crippen LogP) is 0.829. The number of hydrogen-bond acceptors (Lipinski definition) is 4. The van der Waals surface area contributed by atoms with Crippen molar-refractivity contribution in [3.63, 3.8) is 0 Å². The van der Waals surface area contributed by atoms with Crippen LogP contribution in [0.15, 0.2) is 18.3 Å². The maximum absolute atomic E-state index is 11.2. The fourth-order valence-corrected chi connectivity index (χ4v) is 1.08. The van der Waals surface area contributed by atoms with Gasteiger partial charge in [0.05, 0.1) is 7.11 Å². The zero-order valence-corrected chi connectivity index (χ0v) is 9.41. The van der Waals surface area contributed by atoms with Gasteiger partial charge in [-0.15, -0.1) is 0 Å². The van der Waals surface area contributed by atoms with Crippen LogP contribution in [0.3, 0.4) is 0 Å². The molecule has 84 valence electrons. The van der Waals surface area contributed by atoms with E-state index in [9.17, 15) is 4.79 Å². The quantitative estimate of drug-likeness (QED) is 0.464. The number of methoxy groups -OCH3 is 1. The molecule has 1 N–H and O–H groups in total. The van der Waals surface area contributed by atoms with Crippen LogP contribution in [-0.4, -0.2) is 31.7 Å². The van der Waals surface area contributed by atoms with E-state index >= 15 is 0 Å². The van der Waals surface area contributed by atoms with E-state index in [1.54, 1.807) is 18.3 Å². The van der Waals surface area contributed by atoms with E-state index in [-0.39, 0.29) is 5.69 Å². The molecule has 0 saturated carbocycles. The van der Waals surface area contributed by atoms with Crippen LogP contribution in [0.4, 0.5) is 0 Å². The van der Waals surface area contributed by atoms with Crippen molar-refractivity contribution in [2.24, 2.45) is 0 Å². The van der Waals surface area contributed by atoms with Gasteiger partial charge in [0.1, 0.15) is 5.69 Å². The molecule has 0 fully saturated rings. The number of esters is 1. The summed E-state index contributed by atoms with van der Waals surface area (Å²) in [4.78, 5) is 15.1. The largest absolute Gasteiger partial charge is 0.464 e. The van der Waals surface area contributed by atoms with E-state index in [1.165, 1.54) is 7.11 Å². The Morgan fingerprint density at radius 1 is 1.62 bits per heavy atom. The van der Waals surface area contributed by atoms with Crippen LogP contribution in [0, 0.1) is 11.8 Å². The van der Waals surface area contributed by atoms with Gasteiger partial charge in [0, 0.05) is 24.7 Å². The molecule has 0 amide bonds. The van der Waals surface area contributed by atoms with Crippen LogP contribution < -0.4 is 5.32 Å². The SMILES string of the molecule is CNCCC#Cc1ccnc(C(=O)OC)c1. The lowest BCUT2D eigenvalue weighted by molar-refractivity contribution is 0.0594. The smallest absolute Gasteiger partial charge is 0.356 e. The second-order valence-corrected chi connectivity index (χ2v) is 3.08. The molecule has 0 aromatic carbocycles. The second kappa shape index (κ2) is 6.59. The number of carbonyl (C=O) groups is 1. The summed E-state index contributed by atoms with van der Waals surface area (Å²) in [7, 11) is 3.21. The molecule has 0 spiro atoms. The van der Waals surface area contributed by atoms with Gasteiger partial charge in [0.15, 0.2) is 0 Å². The number of nitrogens with one attached hydrogen (secondary N) is 1. The molecular formula is C12H14N2O2. The summed E-state index contributed by atoms with van der Waals surface area (Å²) in [6.45, 7) is 0.849. The highest BCUT2D eigenvalue weighted by atomic mass is 16.5. The Balaban J connectivity index is 2.73. The summed E-state index contributed by atoms with van der Waals surface area (Å²) in [5.41, 5.74) is 1.05. The first-order valence-corrected chi connectivity index (χ1v) is 4.95. The van der Waals surface area contributed by atoms with Crippen LogP contribution in [0.2, 0.25) is 0 Å². The minimum absolute atomic E-state index is 0.280. The molecule has 1 heterocycles. The van der Waals surface area contributed by atoms with Gasteiger partial charge in [-0.2, -0.15) is 0 Å². The lowest BCUT2D eigenvalue weighted by Gasteiger charge is -1.97. The first kappa shape index (κ1) is 12.2. The molecule has 0 aliphatic carbocycles. The number of rotatable bonds is 3. The topological polar surface area (TPSA) is 51.2 Å². The van der Waals surface area contributed by atoms with Gasteiger partial charge in [-0.25, -0.2) is 9.78 Å². The predicted molar refractivity (Wildman–Crippen MR) is 61.0 cm³/mol. The molecule has 16 heavy (non-hydrogen) atoms. The molecule has 0 aliphatic rings. The van der Waals surface area contributed by atoms with Crippen LogP contribution >= 0.6 is 0 Å². The summed E-state index contributed by atoms with van der Waals surface area (Å²) in [6.07, 6.45) is 2.32. The summed E-state index contributed by atoms with van der Waals surface area (Å²) in [6, 6.07) is 3.39. The molecule has 1 aromatic heterocycles. The Hall–Kier alpha value is -1.86. The van der Waals surface area contributed by atoms with Crippen molar-refractivity contribution in [1.29, 1.82) is 0 Å². The van der Waals surface area contributed by atoms with Crippen LogP contribution in [-0.2, 0) is 4.74 Å². The van der Waals surface area contributed by atoms with Crippen molar-refractivity contribution >= 4 is 5.97 Å². The summed E-state index contributed by atoms with van der Waals surface area (Å²) >= 11 is 0. The third-order valence-electron chi connectivity index (χ3n) is 1.89. The van der Waals surface area contributed by atoms with Gasteiger partial charge in [0.2, 0.25) is 0 Å². The highest BCUT2D eigenvalue weighted by molar-refractivity contribution is 5.87. The van der Waals surface area contributed by atoms with E-state index in [1.807, 2.05) is 7.05 Å². The van der Waals surface area contributed by atoms with Crippen molar-refractivity contribution in [1.82, 2.24) is 10.3 Å². The molecule has 4 heteroatoms. The first-order valence-electron chi connectivity index (χ1n) is 4.95. The van der Waals surface area contributed by atoms with Crippen molar-refractivity contribution < 1.29 is 9.53 Å². The van der Waals surface area contributed by atoms with Gasteiger partial charge < -0.3 is 10.1 Å². The van der Waals surface area contributed by atoms with E-state index in [4.69, 9.17) is 0 Å². The molecule has 0 atom stereocenters. The summed E-state index contributed by atoms with van der Waals surface area (Å²) in [5.74, 6) is 5.51.